The molecule has 1 fully saturated rings. The molecule has 0 saturated heterocycles. The van der Waals surface area contributed by atoms with Crippen molar-refractivity contribution in [1.29, 1.82) is 0 Å². The van der Waals surface area contributed by atoms with E-state index in [1.165, 1.54) is 12.3 Å². The minimum absolute atomic E-state index is 0.0506. The molecule has 0 unspecified atom stereocenters. The monoisotopic (exact) mass is 427 g/mol. The fourth-order valence-electron chi connectivity index (χ4n) is 3.72. The normalized spacial score (nSPS) is 18.5. The molecule has 0 aliphatic heterocycles. The van der Waals surface area contributed by atoms with Crippen molar-refractivity contribution in [1.82, 2.24) is 9.97 Å². The van der Waals surface area contributed by atoms with Gasteiger partial charge >= 0.3 is 0 Å². The number of aromatic nitrogens is 2. The molecule has 0 spiro atoms. The molecule has 1 saturated carbocycles. The minimum Gasteiger partial charge on any atom is -0.366 e. The standard InChI is InChI=1S/C22H26ClN5O2/c1-3-16(29)10-14-6-4-5-7-18(14)26-21-17(23)12-25-22(28-21)27-19-11-15(20(24)30)9-8-13(19)2/h3,8-9,11-12,14,18H,1,4-7,10H2,2H3,(H2,24,30)(H2,25,26,27,28)/t14-,18-/m1/s1. The summed E-state index contributed by atoms with van der Waals surface area (Å²) < 4.78 is 0. The van der Waals surface area contributed by atoms with Gasteiger partial charge in [-0.3, -0.25) is 9.59 Å². The lowest BCUT2D eigenvalue weighted by molar-refractivity contribution is -0.115. The molecule has 30 heavy (non-hydrogen) atoms. The van der Waals surface area contributed by atoms with E-state index in [2.05, 4.69) is 27.2 Å². The molecule has 7 nitrogen and oxygen atoms in total. The molecule has 1 aromatic heterocycles. The number of aryl methyl sites for hydroxylation is 1. The van der Waals surface area contributed by atoms with Gasteiger partial charge in [-0.2, -0.15) is 4.98 Å². The first-order chi connectivity index (χ1) is 14.4. The van der Waals surface area contributed by atoms with Crippen LogP contribution >= 0.6 is 11.6 Å². The van der Waals surface area contributed by atoms with Gasteiger partial charge in [0.25, 0.3) is 0 Å². The Kier molecular flexibility index (Phi) is 7.05. The Morgan fingerprint density at radius 2 is 2.10 bits per heavy atom. The van der Waals surface area contributed by atoms with Crippen molar-refractivity contribution in [3.05, 3.63) is 53.2 Å². The smallest absolute Gasteiger partial charge is 0.248 e. The van der Waals surface area contributed by atoms with E-state index in [-0.39, 0.29) is 17.7 Å². The van der Waals surface area contributed by atoms with Gasteiger partial charge in [0, 0.05) is 23.7 Å². The van der Waals surface area contributed by atoms with Crippen molar-refractivity contribution < 1.29 is 9.59 Å². The van der Waals surface area contributed by atoms with Gasteiger partial charge in [-0.1, -0.05) is 37.1 Å². The van der Waals surface area contributed by atoms with Gasteiger partial charge in [0.2, 0.25) is 11.9 Å². The number of rotatable bonds is 8. The number of nitrogens with one attached hydrogen (secondary N) is 2. The summed E-state index contributed by atoms with van der Waals surface area (Å²) in [5.74, 6) is 0.618. The zero-order valence-electron chi connectivity index (χ0n) is 17.0. The highest BCUT2D eigenvalue weighted by molar-refractivity contribution is 6.32. The van der Waals surface area contributed by atoms with Gasteiger partial charge in [0.1, 0.15) is 5.02 Å². The van der Waals surface area contributed by atoms with Crippen LogP contribution in [0.5, 0.6) is 0 Å². The highest BCUT2D eigenvalue weighted by Gasteiger charge is 2.27. The Morgan fingerprint density at radius 1 is 1.33 bits per heavy atom. The van der Waals surface area contributed by atoms with Crippen LogP contribution in [0.3, 0.4) is 0 Å². The van der Waals surface area contributed by atoms with Crippen LogP contribution in [0.25, 0.3) is 0 Å². The van der Waals surface area contributed by atoms with E-state index in [0.29, 0.717) is 34.5 Å². The van der Waals surface area contributed by atoms with Crippen LogP contribution in [0.4, 0.5) is 17.5 Å². The molecule has 0 radical (unpaired) electrons. The van der Waals surface area contributed by atoms with Gasteiger partial charge in [0.15, 0.2) is 11.6 Å². The molecule has 4 N–H and O–H groups in total. The fourth-order valence-corrected chi connectivity index (χ4v) is 3.86. The van der Waals surface area contributed by atoms with E-state index < -0.39 is 5.91 Å². The summed E-state index contributed by atoms with van der Waals surface area (Å²) in [6, 6.07) is 5.25. The Hall–Kier alpha value is -2.93. The number of hydrogen-bond acceptors (Lipinski definition) is 6. The molecule has 1 aromatic carbocycles. The first kappa shape index (κ1) is 21.8. The third-order valence-corrected chi connectivity index (χ3v) is 5.71. The fraction of sp³-hybridized carbons (Fsp3) is 0.364. The highest BCUT2D eigenvalue weighted by Crippen LogP contribution is 2.32. The van der Waals surface area contributed by atoms with Crippen LogP contribution in [0, 0.1) is 12.8 Å². The summed E-state index contributed by atoms with van der Waals surface area (Å²) in [5.41, 5.74) is 7.38. The molecule has 1 amide bonds. The number of anilines is 3. The summed E-state index contributed by atoms with van der Waals surface area (Å²) in [7, 11) is 0. The van der Waals surface area contributed by atoms with Crippen molar-refractivity contribution in [2.24, 2.45) is 11.7 Å². The van der Waals surface area contributed by atoms with E-state index in [4.69, 9.17) is 17.3 Å². The van der Waals surface area contributed by atoms with Crippen LogP contribution in [0.2, 0.25) is 5.02 Å². The first-order valence-electron chi connectivity index (χ1n) is 9.99. The number of halogens is 1. The Bertz CT molecular complexity index is 963. The van der Waals surface area contributed by atoms with E-state index in [1.807, 2.05) is 6.92 Å². The zero-order valence-corrected chi connectivity index (χ0v) is 17.7. The molecule has 1 heterocycles. The third kappa shape index (κ3) is 5.36. The topological polar surface area (TPSA) is 110 Å². The summed E-state index contributed by atoms with van der Waals surface area (Å²) in [5, 5.41) is 6.95. The lowest BCUT2D eigenvalue weighted by atomic mass is 9.81. The summed E-state index contributed by atoms with van der Waals surface area (Å²) in [6.07, 6.45) is 7.49. The minimum atomic E-state index is -0.505. The maximum Gasteiger partial charge on any atom is 0.248 e. The highest BCUT2D eigenvalue weighted by atomic mass is 35.5. The molecule has 2 atom stereocenters. The number of allylic oxidation sites excluding steroid dienone is 1. The van der Waals surface area contributed by atoms with Crippen LogP contribution in [0.15, 0.2) is 37.1 Å². The number of benzene rings is 1. The zero-order chi connectivity index (χ0) is 21.7. The van der Waals surface area contributed by atoms with Crippen molar-refractivity contribution in [3.63, 3.8) is 0 Å². The van der Waals surface area contributed by atoms with Crippen molar-refractivity contribution >= 4 is 40.7 Å². The second-order valence-electron chi connectivity index (χ2n) is 7.58. The van der Waals surface area contributed by atoms with Gasteiger partial charge in [-0.25, -0.2) is 4.98 Å². The summed E-state index contributed by atoms with van der Waals surface area (Å²) >= 11 is 6.34. The van der Waals surface area contributed by atoms with E-state index in [0.717, 1.165) is 31.2 Å². The molecule has 1 aliphatic rings. The maximum atomic E-state index is 11.9. The second kappa shape index (κ2) is 9.71. The van der Waals surface area contributed by atoms with E-state index in [9.17, 15) is 9.59 Å². The molecular formula is C22H26ClN5O2. The summed E-state index contributed by atoms with van der Waals surface area (Å²) in [4.78, 5) is 32.1. The number of carbonyl (C=O) groups excluding carboxylic acids is 2. The number of hydrogen-bond donors (Lipinski definition) is 3. The van der Waals surface area contributed by atoms with Crippen molar-refractivity contribution in [2.45, 2.75) is 45.1 Å². The second-order valence-corrected chi connectivity index (χ2v) is 7.99. The molecule has 3 rings (SSSR count). The Morgan fingerprint density at radius 3 is 2.83 bits per heavy atom. The van der Waals surface area contributed by atoms with Crippen LogP contribution < -0.4 is 16.4 Å². The maximum absolute atomic E-state index is 11.9. The van der Waals surface area contributed by atoms with E-state index in [1.54, 1.807) is 18.2 Å². The first-order valence-corrected chi connectivity index (χ1v) is 10.4. The average Bonchev–Trinajstić information content (AvgIpc) is 2.73. The predicted octanol–water partition coefficient (Wildman–Crippen LogP) is 4.40. The number of carbonyl (C=O) groups is 2. The molecule has 158 valence electrons. The van der Waals surface area contributed by atoms with Gasteiger partial charge in [-0.15, -0.1) is 0 Å². The molecule has 8 heteroatoms. The van der Waals surface area contributed by atoms with Crippen molar-refractivity contribution in [2.75, 3.05) is 10.6 Å². The molecular weight excluding hydrogens is 402 g/mol. The van der Waals surface area contributed by atoms with E-state index >= 15 is 0 Å². The molecule has 1 aliphatic carbocycles. The number of ketones is 1. The average molecular weight is 428 g/mol. The van der Waals surface area contributed by atoms with Crippen molar-refractivity contribution in [3.8, 4) is 0 Å². The molecule has 0 bridgehead atoms. The Labute approximate surface area is 181 Å². The lowest BCUT2D eigenvalue weighted by Crippen LogP contribution is -2.34. The Balaban J connectivity index is 1.80. The van der Waals surface area contributed by atoms with Crippen LogP contribution in [-0.2, 0) is 4.79 Å². The lowest BCUT2D eigenvalue weighted by Gasteiger charge is -2.32. The largest absolute Gasteiger partial charge is 0.366 e. The van der Waals surface area contributed by atoms with Gasteiger partial charge in [-0.05, 0) is 49.5 Å². The number of primary amides is 1. The number of amides is 1. The van der Waals surface area contributed by atoms with Crippen LogP contribution in [0.1, 0.15) is 48.0 Å². The SMILES string of the molecule is C=CC(=O)C[C@H]1CCCC[C@H]1Nc1nc(Nc2cc(C(N)=O)ccc2C)ncc1Cl. The van der Waals surface area contributed by atoms with Gasteiger partial charge < -0.3 is 16.4 Å². The quantitative estimate of drug-likeness (QED) is 0.538. The number of nitrogens with two attached hydrogens (primary N) is 1. The predicted molar refractivity (Wildman–Crippen MR) is 119 cm³/mol. The number of nitrogens with zero attached hydrogens (tertiary/aromatic N) is 2. The van der Waals surface area contributed by atoms with Gasteiger partial charge in [0.05, 0.1) is 6.20 Å². The molecule has 2 aromatic rings. The summed E-state index contributed by atoms with van der Waals surface area (Å²) in [6.45, 7) is 5.48. The van der Waals surface area contributed by atoms with Crippen LogP contribution in [-0.4, -0.2) is 27.7 Å². The third-order valence-electron chi connectivity index (χ3n) is 5.43.